The molecule has 222 valence electrons. The molecule has 1 aliphatic heterocycles. The smallest absolute Gasteiger partial charge is 0.326 e. The average Bonchev–Trinajstić information content (AvgIpc) is 3.40. The van der Waals surface area contributed by atoms with Crippen LogP contribution in [0.2, 0.25) is 0 Å². The number of pyridine rings is 1. The largest absolute Gasteiger partial charge is 0.496 e. The van der Waals surface area contributed by atoms with E-state index >= 15 is 0 Å². The number of nitrogens with two attached hydrogens (primary N) is 1. The van der Waals surface area contributed by atoms with Gasteiger partial charge in [-0.15, -0.1) is 0 Å². The molecular weight excluding hydrogens is 552 g/mol. The van der Waals surface area contributed by atoms with Crippen molar-refractivity contribution in [3.8, 4) is 5.75 Å². The molecule has 0 saturated carbocycles. The van der Waals surface area contributed by atoms with Gasteiger partial charge in [-0.3, -0.25) is 4.79 Å². The fourth-order valence-electron chi connectivity index (χ4n) is 6.23. The minimum atomic E-state index is -1.08. The Morgan fingerprint density at radius 2 is 1.55 bits per heavy atom. The molecule has 1 amide bonds. The Labute approximate surface area is 256 Å². The number of anilines is 1. The van der Waals surface area contributed by atoms with E-state index in [1.807, 2.05) is 72.8 Å². The molecule has 0 aliphatic carbocycles. The van der Waals surface area contributed by atoms with E-state index in [-0.39, 0.29) is 12.3 Å². The molecule has 44 heavy (non-hydrogen) atoms. The van der Waals surface area contributed by atoms with Crippen LogP contribution in [0.5, 0.6) is 5.75 Å². The zero-order valence-electron chi connectivity index (χ0n) is 24.4. The molecule has 1 aliphatic rings. The zero-order chi connectivity index (χ0) is 30.7. The number of aliphatic carboxylic acids is 1. The second-order valence-corrected chi connectivity index (χ2v) is 11.0. The lowest BCUT2D eigenvalue weighted by Crippen LogP contribution is -2.46. The van der Waals surface area contributed by atoms with Crippen LogP contribution in [0.3, 0.4) is 0 Å². The molecule has 5 aromatic rings. The first kappa shape index (κ1) is 28.9. The first-order valence-electron chi connectivity index (χ1n) is 14.6. The molecule has 8 heteroatoms. The summed E-state index contributed by atoms with van der Waals surface area (Å²) in [5.41, 5.74) is 8.91. The molecule has 0 unspecified atom stereocenters. The van der Waals surface area contributed by atoms with Crippen LogP contribution in [0.15, 0.2) is 115 Å². The molecule has 0 bridgehead atoms. The number of amides is 1. The second kappa shape index (κ2) is 12.2. The Hall–Kier alpha value is -5.21. The van der Waals surface area contributed by atoms with Gasteiger partial charge in [0.2, 0.25) is 5.91 Å². The highest BCUT2D eigenvalue weighted by Gasteiger charge is 2.39. The Morgan fingerprint density at radius 1 is 0.977 bits per heavy atom. The lowest BCUT2D eigenvalue weighted by atomic mass is 9.77. The molecule has 1 saturated heterocycles. The summed E-state index contributed by atoms with van der Waals surface area (Å²) in [6, 6.07) is 34.8. The monoisotopic (exact) mass is 586 g/mol. The van der Waals surface area contributed by atoms with Crippen molar-refractivity contribution in [1.82, 2.24) is 9.88 Å². The first-order chi connectivity index (χ1) is 21.4. The van der Waals surface area contributed by atoms with E-state index in [4.69, 9.17) is 15.5 Å². The van der Waals surface area contributed by atoms with Crippen LogP contribution < -0.4 is 15.8 Å². The maximum absolute atomic E-state index is 12.6. The average molecular weight is 587 g/mol. The van der Waals surface area contributed by atoms with Gasteiger partial charge in [-0.2, -0.15) is 0 Å². The number of carboxylic acids is 1. The van der Waals surface area contributed by atoms with Gasteiger partial charge in [-0.1, -0.05) is 91.0 Å². The van der Waals surface area contributed by atoms with Crippen molar-refractivity contribution in [2.24, 2.45) is 5.73 Å². The molecule has 4 N–H and O–H groups in total. The fourth-order valence-corrected chi connectivity index (χ4v) is 6.23. The van der Waals surface area contributed by atoms with E-state index in [0.717, 1.165) is 27.5 Å². The Morgan fingerprint density at radius 3 is 2.02 bits per heavy atom. The summed E-state index contributed by atoms with van der Waals surface area (Å²) in [6.45, 7) is 0.311. The Balaban J connectivity index is 1.48. The standard InChI is InChI=1S/C36H34N4O4/c1-44-32-23-29-24(21-25(32)22-31(35(42)43)40-20-18-30(37)34(40)41)17-19-38-33(29)39-36(26-11-5-2-6-12-26,27-13-7-3-8-14-27)28-15-9-4-10-16-28/h2-17,19,21,23,30-31H,18,20,22,37H2,1H3,(H,38,39)(H,42,43)/t30-,31+/m0/s1. The van der Waals surface area contributed by atoms with E-state index in [1.165, 1.54) is 4.90 Å². The third-order valence-corrected chi connectivity index (χ3v) is 8.45. The van der Waals surface area contributed by atoms with E-state index in [9.17, 15) is 14.7 Å². The van der Waals surface area contributed by atoms with Crippen LogP contribution >= 0.6 is 0 Å². The van der Waals surface area contributed by atoms with Crippen molar-refractivity contribution in [2.45, 2.75) is 30.5 Å². The lowest BCUT2D eigenvalue weighted by molar-refractivity contribution is -0.148. The van der Waals surface area contributed by atoms with Crippen molar-refractivity contribution in [2.75, 3.05) is 19.0 Å². The van der Waals surface area contributed by atoms with Crippen molar-refractivity contribution < 1.29 is 19.4 Å². The minimum Gasteiger partial charge on any atom is -0.496 e. The van der Waals surface area contributed by atoms with E-state index in [1.54, 1.807) is 13.3 Å². The van der Waals surface area contributed by atoms with Crippen LogP contribution in [0.1, 0.15) is 28.7 Å². The van der Waals surface area contributed by atoms with Crippen LogP contribution in [-0.2, 0) is 21.5 Å². The van der Waals surface area contributed by atoms with Gasteiger partial charge in [0.25, 0.3) is 0 Å². The van der Waals surface area contributed by atoms with Gasteiger partial charge >= 0.3 is 5.97 Å². The van der Waals surface area contributed by atoms with Crippen LogP contribution in [-0.4, -0.2) is 52.6 Å². The van der Waals surface area contributed by atoms with Gasteiger partial charge in [0, 0.05) is 24.5 Å². The number of aromatic nitrogens is 1. The number of carbonyl (C=O) groups is 2. The van der Waals surface area contributed by atoms with Crippen molar-refractivity contribution in [1.29, 1.82) is 0 Å². The summed E-state index contributed by atoms with van der Waals surface area (Å²) in [5.74, 6) is -0.267. The number of fused-ring (bicyclic) bond motifs is 1. The number of nitrogens with zero attached hydrogens (tertiary/aromatic N) is 2. The molecular formula is C36H34N4O4. The van der Waals surface area contributed by atoms with Crippen molar-refractivity contribution in [3.63, 3.8) is 0 Å². The summed E-state index contributed by atoms with van der Waals surface area (Å²) in [4.78, 5) is 31.1. The zero-order valence-corrected chi connectivity index (χ0v) is 24.4. The molecule has 0 radical (unpaired) electrons. The summed E-state index contributed by atoms with van der Waals surface area (Å²) >= 11 is 0. The molecule has 2 atom stereocenters. The third-order valence-electron chi connectivity index (χ3n) is 8.45. The third kappa shape index (κ3) is 5.24. The van der Waals surface area contributed by atoms with Crippen LogP contribution in [0.4, 0.5) is 5.82 Å². The number of benzene rings is 4. The van der Waals surface area contributed by atoms with Gasteiger partial charge in [-0.25, -0.2) is 9.78 Å². The van der Waals surface area contributed by atoms with Gasteiger partial charge in [0.15, 0.2) is 0 Å². The number of carboxylic acid groups (broad SMARTS) is 1. The summed E-state index contributed by atoms with van der Waals surface area (Å²) < 4.78 is 5.81. The number of hydrogen-bond acceptors (Lipinski definition) is 6. The molecule has 4 aromatic carbocycles. The van der Waals surface area contributed by atoms with Crippen molar-refractivity contribution in [3.05, 3.63) is 138 Å². The molecule has 0 spiro atoms. The number of methoxy groups -OCH3 is 1. The SMILES string of the molecule is COc1cc2c(NC(c3ccccc3)(c3ccccc3)c3ccccc3)nccc2cc1C[C@H](C(=O)O)N1CC[C@H](N)C1=O. The minimum absolute atomic E-state index is 0.0833. The molecule has 8 nitrogen and oxygen atoms in total. The second-order valence-electron chi connectivity index (χ2n) is 11.0. The highest BCUT2D eigenvalue weighted by atomic mass is 16.5. The molecule has 6 rings (SSSR count). The maximum Gasteiger partial charge on any atom is 0.326 e. The quantitative estimate of drug-likeness (QED) is 0.193. The van der Waals surface area contributed by atoms with E-state index in [2.05, 4.69) is 41.7 Å². The summed E-state index contributed by atoms with van der Waals surface area (Å²) in [6.07, 6.45) is 2.26. The van der Waals surface area contributed by atoms with Crippen LogP contribution in [0.25, 0.3) is 10.8 Å². The highest BCUT2D eigenvalue weighted by Crippen LogP contribution is 2.41. The summed E-state index contributed by atoms with van der Waals surface area (Å²) in [7, 11) is 1.56. The topological polar surface area (TPSA) is 118 Å². The number of carbonyl (C=O) groups excluding carboxylic acids is 1. The predicted octanol–water partition coefficient (Wildman–Crippen LogP) is 5.20. The van der Waals surface area contributed by atoms with Crippen LogP contribution in [0, 0.1) is 0 Å². The maximum atomic E-state index is 12.6. The first-order valence-corrected chi connectivity index (χ1v) is 14.6. The van der Waals surface area contributed by atoms with Crippen molar-refractivity contribution >= 4 is 28.5 Å². The molecule has 2 heterocycles. The normalized spacial score (nSPS) is 15.7. The number of hydrogen-bond donors (Lipinski definition) is 3. The van der Waals surface area contributed by atoms with Gasteiger partial charge < -0.3 is 25.8 Å². The molecule has 1 fully saturated rings. The summed E-state index contributed by atoms with van der Waals surface area (Å²) in [5, 5.41) is 15.6. The fraction of sp³-hybridized carbons (Fsp3) is 0.194. The molecule has 1 aromatic heterocycles. The highest BCUT2D eigenvalue weighted by molar-refractivity contribution is 5.95. The van der Waals surface area contributed by atoms with Gasteiger partial charge in [-0.05, 0) is 52.3 Å². The number of ether oxygens (including phenoxy) is 1. The number of nitrogens with one attached hydrogen (secondary N) is 1. The predicted molar refractivity (Wildman–Crippen MR) is 171 cm³/mol. The van der Waals surface area contributed by atoms with Gasteiger partial charge in [0.1, 0.15) is 23.1 Å². The van der Waals surface area contributed by atoms with Gasteiger partial charge in [0.05, 0.1) is 13.2 Å². The van der Waals surface area contributed by atoms with E-state index in [0.29, 0.717) is 30.1 Å². The Bertz CT molecular complexity index is 1680. The Kier molecular flexibility index (Phi) is 8.00. The number of likely N-dealkylation sites (tertiary alicyclic amines) is 1. The number of rotatable bonds is 10. The van der Waals surface area contributed by atoms with E-state index < -0.39 is 23.6 Å². The lowest BCUT2D eigenvalue weighted by Gasteiger charge is -2.37.